The molecule has 0 unspecified atom stereocenters. The van der Waals surface area contributed by atoms with Gasteiger partial charge in [-0.15, -0.1) is 5.10 Å². The molecule has 0 fully saturated rings. The molecular weight excluding hydrogens is 176 g/mol. The molecule has 0 radical (unpaired) electrons. The molecule has 14 heavy (non-hydrogen) atoms. The van der Waals surface area contributed by atoms with Crippen molar-refractivity contribution >= 4 is 5.69 Å². The summed E-state index contributed by atoms with van der Waals surface area (Å²) in [6.07, 6.45) is 1.87. The number of anilines is 1. The summed E-state index contributed by atoms with van der Waals surface area (Å²) < 4.78 is 1.67. The van der Waals surface area contributed by atoms with E-state index in [2.05, 4.69) is 10.3 Å². The van der Waals surface area contributed by atoms with Gasteiger partial charge in [0.25, 0.3) is 0 Å². The van der Waals surface area contributed by atoms with Gasteiger partial charge >= 0.3 is 0 Å². The van der Waals surface area contributed by atoms with E-state index in [0.717, 1.165) is 22.5 Å². The van der Waals surface area contributed by atoms with Crippen molar-refractivity contribution < 1.29 is 0 Å². The van der Waals surface area contributed by atoms with Crippen molar-refractivity contribution in [3.05, 3.63) is 30.0 Å². The van der Waals surface area contributed by atoms with Gasteiger partial charge in [0.1, 0.15) is 5.69 Å². The normalized spacial score (nSPS) is 10.4. The van der Waals surface area contributed by atoms with E-state index < -0.39 is 0 Å². The Balaban J connectivity index is 2.51. The highest BCUT2D eigenvalue weighted by molar-refractivity contribution is 5.64. The SMILES string of the molecule is Cc1cc(N)cc(-c2cn(C)nn2)c1. The van der Waals surface area contributed by atoms with Crippen molar-refractivity contribution in [1.82, 2.24) is 15.0 Å². The molecule has 0 aliphatic carbocycles. The molecule has 0 saturated heterocycles. The zero-order chi connectivity index (χ0) is 10.1. The molecule has 4 nitrogen and oxygen atoms in total. The maximum atomic E-state index is 5.75. The molecular formula is C10H12N4. The second-order valence-electron chi connectivity index (χ2n) is 3.41. The van der Waals surface area contributed by atoms with Crippen LogP contribution in [0.5, 0.6) is 0 Å². The van der Waals surface area contributed by atoms with Gasteiger partial charge in [-0.25, -0.2) is 0 Å². The Morgan fingerprint density at radius 1 is 1.29 bits per heavy atom. The predicted molar refractivity (Wildman–Crippen MR) is 55.6 cm³/mol. The summed E-state index contributed by atoms with van der Waals surface area (Å²) in [5.74, 6) is 0. The first kappa shape index (κ1) is 8.74. The molecule has 0 bridgehead atoms. The number of benzene rings is 1. The van der Waals surface area contributed by atoms with Crippen LogP contribution in [0.25, 0.3) is 11.3 Å². The van der Waals surface area contributed by atoms with Crippen molar-refractivity contribution in [2.45, 2.75) is 6.92 Å². The van der Waals surface area contributed by atoms with Gasteiger partial charge in [-0.2, -0.15) is 0 Å². The second-order valence-corrected chi connectivity index (χ2v) is 3.41. The number of aromatic nitrogens is 3. The summed E-state index contributed by atoms with van der Waals surface area (Å²) in [6, 6.07) is 5.87. The van der Waals surface area contributed by atoms with Crippen LogP contribution >= 0.6 is 0 Å². The molecule has 2 aromatic rings. The molecule has 1 aromatic heterocycles. The van der Waals surface area contributed by atoms with Crippen LogP contribution in [0.2, 0.25) is 0 Å². The molecule has 1 aromatic carbocycles. The van der Waals surface area contributed by atoms with Crippen molar-refractivity contribution in [3.8, 4) is 11.3 Å². The number of nitrogens with zero attached hydrogens (tertiary/aromatic N) is 3. The molecule has 4 heteroatoms. The summed E-state index contributed by atoms with van der Waals surface area (Å²) in [4.78, 5) is 0. The van der Waals surface area contributed by atoms with Crippen LogP contribution in [0, 0.1) is 6.92 Å². The lowest BCUT2D eigenvalue weighted by Gasteiger charge is -2.00. The first-order valence-electron chi connectivity index (χ1n) is 4.39. The van der Waals surface area contributed by atoms with Gasteiger partial charge in [0.05, 0.1) is 6.20 Å². The molecule has 2 rings (SSSR count). The van der Waals surface area contributed by atoms with Gasteiger partial charge in [-0.05, 0) is 30.7 Å². The van der Waals surface area contributed by atoms with Crippen molar-refractivity contribution in [2.75, 3.05) is 5.73 Å². The van der Waals surface area contributed by atoms with Gasteiger partial charge in [0, 0.05) is 18.3 Å². The fourth-order valence-electron chi connectivity index (χ4n) is 1.44. The van der Waals surface area contributed by atoms with Gasteiger partial charge in [-0.3, -0.25) is 4.68 Å². The van der Waals surface area contributed by atoms with E-state index in [-0.39, 0.29) is 0 Å². The standard InChI is InChI=1S/C10H12N4/c1-7-3-8(5-9(11)4-7)10-6-14(2)13-12-10/h3-6H,11H2,1-2H3. The molecule has 0 spiro atoms. The Morgan fingerprint density at radius 2 is 2.07 bits per heavy atom. The van der Waals surface area contributed by atoms with Gasteiger partial charge in [-0.1, -0.05) is 5.21 Å². The van der Waals surface area contributed by atoms with Crippen molar-refractivity contribution in [1.29, 1.82) is 0 Å². The molecule has 72 valence electrons. The highest BCUT2D eigenvalue weighted by Crippen LogP contribution is 2.20. The first-order valence-corrected chi connectivity index (χ1v) is 4.39. The fraction of sp³-hybridized carbons (Fsp3) is 0.200. The van der Waals surface area contributed by atoms with E-state index in [4.69, 9.17) is 5.73 Å². The minimum absolute atomic E-state index is 0.755. The molecule has 0 aliphatic heterocycles. The smallest absolute Gasteiger partial charge is 0.113 e. The zero-order valence-corrected chi connectivity index (χ0v) is 8.23. The highest BCUT2D eigenvalue weighted by atomic mass is 15.4. The Bertz CT molecular complexity index is 439. The van der Waals surface area contributed by atoms with Crippen LogP contribution in [0.15, 0.2) is 24.4 Å². The number of hydrogen-bond donors (Lipinski definition) is 1. The Hall–Kier alpha value is -1.84. The number of aryl methyl sites for hydroxylation is 2. The van der Waals surface area contributed by atoms with E-state index in [1.165, 1.54) is 0 Å². The Labute approximate surface area is 82.4 Å². The van der Waals surface area contributed by atoms with Crippen LogP contribution in [0.1, 0.15) is 5.56 Å². The lowest BCUT2D eigenvalue weighted by Crippen LogP contribution is -1.87. The summed E-state index contributed by atoms with van der Waals surface area (Å²) in [5, 5.41) is 7.90. The number of nitrogen functional groups attached to an aromatic ring is 1. The van der Waals surface area contributed by atoms with Gasteiger partial charge in [0.2, 0.25) is 0 Å². The number of rotatable bonds is 1. The average molecular weight is 188 g/mol. The number of nitrogens with two attached hydrogens (primary N) is 1. The molecule has 2 N–H and O–H groups in total. The third-order valence-corrected chi connectivity index (χ3v) is 2.00. The van der Waals surface area contributed by atoms with Crippen LogP contribution in [-0.4, -0.2) is 15.0 Å². The fourth-order valence-corrected chi connectivity index (χ4v) is 1.44. The zero-order valence-electron chi connectivity index (χ0n) is 8.23. The monoisotopic (exact) mass is 188 g/mol. The lowest BCUT2D eigenvalue weighted by molar-refractivity contribution is 0.715. The third kappa shape index (κ3) is 1.59. The van der Waals surface area contributed by atoms with Crippen LogP contribution in [0.4, 0.5) is 5.69 Å². The Kier molecular flexibility index (Phi) is 1.96. The minimum atomic E-state index is 0.755. The predicted octanol–water partition coefficient (Wildman–Crippen LogP) is 1.37. The lowest BCUT2D eigenvalue weighted by atomic mass is 10.1. The molecule has 0 aliphatic rings. The van der Waals surface area contributed by atoms with Crippen LogP contribution in [-0.2, 0) is 7.05 Å². The van der Waals surface area contributed by atoms with Crippen molar-refractivity contribution in [2.24, 2.45) is 7.05 Å². The van der Waals surface area contributed by atoms with Crippen molar-refractivity contribution in [3.63, 3.8) is 0 Å². The Morgan fingerprint density at radius 3 is 2.64 bits per heavy atom. The first-order chi connectivity index (χ1) is 6.65. The van der Waals surface area contributed by atoms with Crippen LogP contribution < -0.4 is 5.73 Å². The van der Waals surface area contributed by atoms with E-state index in [1.54, 1.807) is 4.68 Å². The largest absolute Gasteiger partial charge is 0.399 e. The molecule has 1 heterocycles. The molecule has 0 amide bonds. The highest BCUT2D eigenvalue weighted by Gasteiger charge is 2.03. The maximum absolute atomic E-state index is 5.75. The summed E-state index contributed by atoms with van der Waals surface area (Å²) in [5.41, 5.74) is 9.49. The summed E-state index contributed by atoms with van der Waals surface area (Å²) in [6.45, 7) is 2.01. The minimum Gasteiger partial charge on any atom is -0.399 e. The van der Waals surface area contributed by atoms with E-state index in [1.807, 2.05) is 38.4 Å². The molecule has 0 atom stereocenters. The summed E-state index contributed by atoms with van der Waals surface area (Å²) in [7, 11) is 1.84. The molecule has 0 saturated carbocycles. The quantitative estimate of drug-likeness (QED) is 0.688. The van der Waals surface area contributed by atoms with Crippen LogP contribution in [0.3, 0.4) is 0 Å². The van der Waals surface area contributed by atoms with E-state index in [0.29, 0.717) is 0 Å². The van der Waals surface area contributed by atoms with Gasteiger partial charge in [0.15, 0.2) is 0 Å². The summed E-state index contributed by atoms with van der Waals surface area (Å²) >= 11 is 0. The second kappa shape index (κ2) is 3.14. The van der Waals surface area contributed by atoms with E-state index >= 15 is 0 Å². The topological polar surface area (TPSA) is 56.7 Å². The van der Waals surface area contributed by atoms with E-state index in [9.17, 15) is 0 Å². The third-order valence-electron chi connectivity index (χ3n) is 2.00. The maximum Gasteiger partial charge on any atom is 0.113 e. The van der Waals surface area contributed by atoms with Gasteiger partial charge < -0.3 is 5.73 Å². The number of hydrogen-bond acceptors (Lipinski definition) is 3. The average Bonchev–Trinajstić information content (AvgIpc) is 2.50.